The van der Waals surface area contributed by atoms with Crippen LogP contribution in [0, 0.1) is 6.92 Å². The van der Waals surface area contributed by atoms with Crippen molar-refractivity contribution < 1.29 is 4.79 Å². The van der Waals surface area contributed by atoms with Crippen LogP contribution in [0.4, 0.5) is 0 Å². The van der Waals surface area contributed by atoms with E-state index in [0.29, 0.717) is 11.8 Å². The molecule has 1 aromatic carbocycles. The summed E-state index contributed by atoms with van der Waals surface area (Å²) in [5, 5.41) is 12.8. The Bertz CT molecular complexity index is 632. The van der Waals surface area contributed by atoms with Crippen LogP contribution in [0.5, 0.6) is 0 Å². The van der Waals surface area contributed by atoms with Gasteiger partial charge in [0.25, 0.3) is 0 Å². The standard InChI is InChI=1S/C16H20N4OS/c1-12-7-9-13(10-8-12)15(21)11-22-16-17-18-19-20(16)14-5-3-2-4-6-14/h7-10,14H,2-6,11H2,1H3. The van der Waals surface area contributed by atoms with Crippen LogP contribution in [0.25, 0.3) is 0 Å². The Labute approximate surface area is 134 Å². The lowest BCUT2D eigenvalue weighted by atomic mass is 9.96. The van der Waals surface area contributed by atoms with Gasteiger partial charge in [-0.2, -0.15) is 0 Å². The number of carbonyl (C=O) groups excluding carboxylic acids is 1. The van der Waals surface area contributed by atoms with Gasteiger partial charge in [0.15, 0.2) is 5.78 Å². The Kier molecular flexibility index (Phi) is 4.87. The van der Waals surface area contributed by atoms with E-state index < -0.39 is 0 Å². The van der Waals surface area contributed by atoms with Crippen molar-refractivity contribution in [3.05, 3.63) is 35.4 Å². The molecule has 0 atom stereocenters. The molecule has 5 nitrogen and oxygen atoms in total. The SMILES string of the molecule is Cc1ccc(C(=O)CSc2nnnn2C2CCCCC2)cc1. The van der Waals surface area contributed by atoms with Gasteiger partial charge in [-0.15, -0.1) is 5.10 Å². The average Bonchev–Trinajstić information content (AvgIpc) is 3.02. The minimum absolute atomic E-state index is 0.114. The Morgan fingerprint density at radius 2 is 1.95 bits per heavy atom. The fourth-order valence-corrected chi connectivity index (χ4v) is 3.63. The number of thioether (sulfide) groups is 1. The predicted molar refractivity (Wildman–Crippen MR) is 86.2 cm³/mol. The largest absolute Gasteiger partial charge is 0.293 e. The van der Waals surface area contributed by atoms with Crippen LogP contribution in [-0.2, 0) is 0 Å². The molecule has 0 radical (unpaired) electrons. The molecule has 0 N–H and O–H groups in total. The molecule has 1 aliphatic rings. The molecule has 0 amide bonds. The second-order valence-corrected chi connectivity index (χ2v) is 6.72. The molecule has 3 rings (SSSR count). The van der Waals surface area contributed by atoms with Gasteiger partial charge in [0.05, 0.1) is 11.8 Å². The summed E-state index contributed by atoms with van der Waals surface area (Å²) in [6.07, 6.45) is 6.02. The Morgan fingerprint density at radius 1 is 1.23 bits per heavy atom. The molecular formula is C16H20N4OS. The van der Waals surface area contributed by atoms with Gasteiger partial charge in [0, 0.05) is 5.56 Å². The fraction of sp³-hybridized carbons (Fsp3) is 0.500. The van der Waals surface area contributed by atoms with Crippen LogP contribution in [0.2, 0.25) is 0 Å². The molecular weight excluding hydrogens is 296 g/mol. The molecule has 0 bridgehead atoms. The number of nitrogens with zero attached hydrogens (tertiary/aromatic N) is 4. The van der Waals surface area contributed by atoms with Crippen LogP contribution >= 0.6 is 11.8 Å². The van der Waals surface area contributed by atoms with E-state index in [1.54, 1.807) is 0 Å². The minimum Gasteiger partial charge on any atom is -0.293 e. The summed E-state index contributed by atoms with van der Waals surface area (Å²) in [5.41, 5.74) is 1.90. The molecule has 0 aliphatic heterocycles. The highest BCUT2D eigenvalue weighted by Crippen LogP contribution is 2.30. The van der Waals surface area contributed by atoms with Crippen molar-refractivity contribution in [2.45, 2.75) is 50.2 Å². The molecule has 0 unspecified atom stereocenters. The number of tetrazole rings is 1. The number of aromatic nitrogens is 4. The maximum absolute atomic E-state index is 12.2. The molecule has 1 aromatic heterocycles. The zero-order chi connectivity index (χ0) is 15.4. The van der Waals surface area contributed by atoms with Crippen LogP contribution in [0.15, 0.2) is 29.4 Å². The lowest BCUT2D eigenvalue weighted by Gasteiger charge is -2.21. The highest BCUT2D eigenvalue weighted by molar-refractivity contribution is 7.99. The highest BCUT2D eigenvalue weighted by atomic mass is 32.2. The molecule has 116 valence electrons. The van der Waals surface area contributed by atoms with Crippen molar-refractivity contribution in [1.82, 2.24) is 20.2 Å². The van der Waals surface area contributed by atoms with Crippen LogP contribution in [0.3, 0.4) is 0 Å². The van der Waals surface area contributed by atoms with Gasteiger partial charge >= 0.3 is 0 Å². The van der Waals surface area contributed by atoms with E-state index in [0.717, 1.165) is 29.1 Å². The van der Waals surface area contributed by atoms with Gasteiger partial charge in [-0.25, -0.2) is 4.68 Å². The van der Waals surface area contributed by atoms with Crippen LogP contribution in [0.1, 0.15) is 54.1 Å². The van der Waals surface area contributed by atoms with Crippen LogP contribution in [-0.4, -0.2) is 31.7 Å². The third-order valence-corrected chi connectivity index (χ3v) is 5.02. The molecule has 1 fully saturated rings. The summed E-state index contributed by atoms with van der Waals surface area (Å²) >= 11 is 1.43. The predicted octanol–water partition coefficient (Wildman–Crippen LogP) is 3.46. The fourth-order valence-electron chi connectivity index (χ4n) is 2.79. The van der Waals surface area contributed by atoms with E-state index in [-0.39, 0.29) is 5.78 Å². The zero-order valence-electron chi connectivity index (χ0n) is 12.7. The van der Waals surface area contributed by atoms with Crippen molar-refractivity contribution >= 4 is 17.5 Å². The first-order valence-electron chi connectivity index (χ1n) is 7.74. The molecule has 1 saturated carbocycles. The van der Waals surface area contributed by atoms with Crippen molar-refractivity contribution in [1.29, 1.82) is 0 Å². The molecule has 0 saturated heterocycles. The van der Waals surface area contributed by atoms with Gasteiger partial charge in [0.1, 0.15) is 0 Å². The van der Waals surface area contributed by atoms with Crippen molar-refractivity contribution in [3.8, 4) is 0 Å². The monoisotopic (exact) mass is 316 g/mol. The van der Waals surface area contributed by atoms with E-state index in [1.807, 2.05) is 35.9 Å². The summed E-state index contributed by atoms with van der Waals surface area (Å²) in [6.45, 7) is 2.02. The lowest BCUT2D eigenvalue weighted by molar-refractivity contribution is 0.102. The van der Waals surface area contributed by atoms with Crippen molar-refractivity contribution in [2.24, 2.45) is 0 Å². The maximum atomic E-state index is 12.2. The molecule has 1 heterocycles. The first kappa shape index (κ1) is 15.2. The number of benzene rings is 1. The smallest absolute Gasteiger partial charge is 0.210 e. The van der Waals surface area contributed by atoms with Gasteiger partial charge in [0.2, 0.25) is 5.16 Å². The van der Waals surface area contributed by atoms with E-state index in [4.69, 9.17) is 0 Å². The number of aryl methyl sites for hydroxylation is 1. The molecule has 2 aromatic rings. The molecule has 6 heteroatoms. The van der Waals surface area contributed by atoms with Gasteiger partial charge in [-0.3, -0.25) is 4.79 Å². The first-order valence-corrected chi connectivity index (χ1v) is 8.73. The Morgan fingerprint density at radius 3 is 2.68 bits per heavy atom. The number of hydrogen-bond acceptors (Lipinski definition) is 5. The number of ketones is 1. The summed E-state index contributed by atoms with van der Waals surface area (Å²) in [6, 6.07) is 8.07. The van der Waals surface area contributed by atoms with Crippen molar-refractivity contribution in [2.75, 3.05) is 5.75 Å². The number of rotatable bonds is 5. The number of Topliss-reactive ketones (excluding diaryl/α,β-unsaturated/α-hetero) is 1. The average molecular weight is 316 g/mol. The third-order valence-electron chi connectivity index (χ3n) is 4.09. The normalized spacial score (nSPS) is 15.9. The van der Waals surface area contributed by atoms with E-state index >= 15 is 0 Å². The summed E-state index contributed by atoms with van der Waals surface area (Å²) in [4.78, 5) is 12.2. The number of hydrogen-bond donors (Lipinski definition) is 0. The highest BCUT2D eigenvalue weighted by Gasteiger charge is 2.20. The Hall–Kier alpha value is -1.69. The molecule has 22 heavy (non-hydrogen) atoms. The maximum Gasteiger partial charge on any atom is 0.210 e. The van der Waals surface area contributed by atoms with Crippen LogP contribution < -0.4 is 0 Å². The van der Waals surface area contributed by atoms with E-state index in [1.165, 1.54) is 31.0 Å². The first-order chi connectivity index (χ1) is 10.7. The van der Waals surface area contributed by atoms with Gasteiger partial charge in [-0.1, -0.05) is 60.9 Å². The van der Waals surface area contributed by atoms with E-state index in [2.05, 4.69) is 15.5 Å². The molecule has 0 spiro atoms. The quantitative estimate of drug-likeness (QED) is 0.624. The minimum atomic E-state index is 0.114. The van der Waals surface area contributed by atoms with Gasteiger partial charge < -0.3 is 0 Å². The lowest BCUT2D eigenvalue weighted by Crippen LogP contribution is -2.15. The number of carbonyl (C=O) groups is 1. The van der Waals surface area contributed by atoms with Crippen molar-refractivity contribution in [3.63, 3.8) is 0 Å². The summed E-state index contributed by atoms with van der Waals surface area (Å²) < 4.78 is 1.91. The van der Waals surface area contributed by atoms with E-state index in [9.17, 15) is 4.79 Å². The second-order valence-electron chi connectivity index (χ2n) is 5.78. The summed E-state index contributed by atoms with van der Waals surface area (Å²) in [7, 11) is 0. The van der Waals surface area contributed by atoms with Gasteiger partial charge in [-0.05, 0) is 30.2 Å². The topological polar surface area (TPSA) is 60.7 Å². The third kappa shape index (κ3) is 3.55. The summed E-state index contributed by atoms with van der Waals surface area (Å²) in [5.74, 6) is 0.485. The zero-order valence-corrected chi connectivity index (χ0v) is 13.6. The molecule has 1 aliphatic carbocycles. The Balaban J connectivity index is 1.63. The second kappa shape index (κ2) is 7.05.